The van der Waals surface area contributed by atoms with E-state index in [1.54, 1.807) is 10.0 Å². The van der Waals surface area contributed by atoms with E-state index in [-0.39, 0.29) is 63.0 Å². The van der Waals surface area contributed by atoms with Gasteiger partial charge in [0.2, 0.25) is 23.7 Å². The summed E-state index contributed by atoms with van der Waals surface area (Å²) in [4.78, 5) is 93.5. The predicted molar refractivity (Wildman–Crippen MR) is 311 cm³/mol. The molecule has 0 bridgehead atoms. The maximum atomic E-state index is 12.7. The molecule has 524 valence electrons. The lowest BCUT2D eigenvalue weighted by Crippen LogP contribution is -2.35. The number of nitrogens with two attached hydrogens (primary N) is 1. The third-order valence-electron chi connectivity index (χ3n) is 10.7. The van der Waals surface area contributed by atoms with Crippen LogP contribution in [0.25, 0.3) is 0 Å². The fourth-order valence-electron chi connectivity index (χ4n) is 6.49. The van der Waals surface area contributed by atoms with Crippen LogP contribution in [0, 0.1) is 6.92 Å². The van der Waals surface area contributed by atoms with Gasteiger partial charge in [0, 0.05) is 19.2 Å². The monoisotopic (exact) mass is 1480 g/mol. The van der Waals surface area contributed by atoms with Crippen molar-refractivity contribution in [1.82, 2.24) is 34.4 Å². The van der Waals surface area contributed by atoms with E-state index in [0.717, 1.165) is 43.3 Å². The molecule has 0 radical (unpaired) electrons. The number of carboxylic acid groups (broad SMARTS) is 3. The van der Waals surface area contributed by atoms with Gasteiger partial charge in [-0.2, -0.15) is 68.8 Å². The van der Waals surface area contributed by atoms with Crippen LogP contribution in [0.4, 0.5) is 65.4 Å². The van der Waals surface area contributed by atoms with Crippen molar-refractivity contribution in [3.8, 4) is 29.3 Å². The second-order valence-electron chi connectivity index (χ2n) is 18.2. The molecule has 0 saturated heterocycles. The fraction of sp³-hybridized carbons (Fsp3) is 0.275. The number of aromatic nitrogens is 5. The van der Waals surface area contributed by atoms with Crippen LogP contribution in [0.2, 0.25) is 10.0 Å². The van der Waals surface area contributed by atoms with Crippen molar-refractivity contribution in [3.05, 3.63) is 129 Å². The Balaban J connectivity index is 0.000000348. The number of hydrogen-bond acceptors (Lipinski definition) is 22. The Labute approximate surface area is 544 Å². The van der Waals surface area contributed by atoms with Gasteiger partial charge in [0.15, 0.2) is 13.5 Å². The number of carboxylic acids is 3. The van der Waals surface area contributed by atoms with Crippen LogP contribution in [0.1, 0.15) is 57.4 Å². The maximum absolute atomic E-state index is 12.7. The van der Waals surface area contributed by atoms with Gasteiger partial charge in [-0.25, -0.2) is 50.3 Å². The van der Waals surface area contributed by atoms with E-state index in [1.165, 1.54) is 67.9 Å². The van der Waals surface area contributed by atoms with Gasteiger partial charge in [-0.1, -0.05) is 53.5 Å². The number of rotatable bonds is 23. The highest BCUT2D eigenvalue weighted by Crippen LogP contribution is 2.38. The number of carbonyl (C=O) groups is 6. The molecule has 0 saturated carbocycles. The fourth-order valence-corrected chi connectivity index (χ4v) is 9.95. The number of aromatic carboxylic acids is 1. The first-order valence-electron chi connectivity index (χ1n) is 25.5. The molecule has 0 fully saturated rings. The van der Waals surface area contributed by atoms with Crippen molar-refractivity contribution in [2.45, 2.75) is 80.6 Å². The van der Waals surface area contributed by atoms with Gasteiger partial charge in [-0.3, -0.25) is 20.0 Å². The zero-order chi connectivity index (χ0) is 72.8. The average molecular weight is 1480 g/mol. The van der Waals surface area contributed by atoms with Gasteiger partial charge in [0.25, 0.3) is 20.0 Å². The highest BCUT2D eigenvalue weighted by molar-refractivity contribution is 7.90. The minimum atomic E-state index is -4.71. The Kier molecular flexibility index (Phi) is 29.7. The number of amides is 4. The molecule has 30 nitrogen and oxygen atoms in total. The van der Waals surface area contributed by atoms with Crippen molar-refractivity contribution in [2.75, 3.05) is 30.6 Å². The van der Waals surface area contributed by atoms with Gasteiger partial charge in [-0.15, -0.1) is 0 Å². The Bertz CT molecular complexity index is 4030. The lowest BCUT2D eigenvalue weighted by Gasteiger charge is -2.13. The molecule has 2 unspecified atom stereocenters. The van der Waals surface area contributed by atoms with E-state index in [4.69, 9.17) is 63.4 Å². The Morgan fingerprint density at radius 2 is 1.22 bits per heavy atom. The van der Waals surface area contributed by atoms with Crippen molar-refractivity contribution >= 4 is 98.5 Å². The first kappa shape index (κ1) is 80.8. The minimum absolute atomic E-state index is 0.0246. The third-order valence-corrected chi connectivity index (χ3v) is 15.2. The Morgan fingerprint density at radius 3 is 1.71 bits per heavy atom. The minimum Gasteiger partial charge on any atom is -0.480 e. The normalized spacial score (nSPS) is 12.6. The lowest BCUT2D eigenvalue weighted by molar-refractivity contribution is -0.146. The van der Waals surface area contributed by atoms with E-state index >= 15 is 0 Å². The number of nitrogens with one attached hydrogen (secondary N) is 4. The third kappa shape index (κ3) is 28.2. The Hall–Kier alpha value is -9.48. The number of hydrogen-bond donors (Lipinski definition) is 9. The highest BCUT2D eigenvalue weighted by atomic mass is 35.5. The number of alkyl halides is 10. The van der Waals surface area contributed by atoms with Gasteiger partial charge in [-0.05, 0) is 86.8 Å². The number of benzene rings is 4. The molecule has 4 aromatic carbocycles. The molecular weight excluding hydrogens is 1430 g/mol. The summed E-state index contributed by atoms with van der Waals surface area (Å²) in [7, 11) is -11.0. The number of carbonyl (C=O) groups excluding carboxylic acids is 3. The van der Waals surface area contributed by atoms with E-state index in [0.29, 0.717) is 12.1 Å². The number of esters is 1. The summed E-state index contributed by atoms with van der Waals surface area (Å²) in [6, 6.07) is 12.3. The van der Waals surface area contributed by atoms with Crippen LogP contribution in [-0.4, -0.2) is 149 Å². The number of aryl methyl sites for hydroxylation is 2. The summed E-state index contributed by atoms with van der Waals surface area (Å²) in [5.41, 5.74) is 3.26. The number of urea groups is 2. The summed E-state index contributed by atoms with van der Waals surface area (Å²) in [6.45, 7) is -2.97. The molecule has 2 aromatic heterocycles. The number of anilines is 2. The molecule has 0 aliphatic rings. The molecule has 2 heterocycles. The molecule has 3 atom stereocenters. The zero-order valence-electron chi connectivity index (χ0n) is 48.7. The number of methoxy groups -OCH3 is 1. The van der Waals surface area contributed by atoms with Crippen molar-refractivity contribution in [2.24, 2.45) is 5.73 Å². The highest BCUT2D eigenvalue weighted by Gasteiger charge is 2.32. The smallest absolute Gasteiger partial charge is 0.416 e. The van der Waals surface area contributed by atoms with Crippen LogP contribution in [0.15, 0.2) is 101 Å². The molecule has 0 spiro atoms. The average Bonchev–Trinajstić information content (AvgIpc) is 0.833. The maximum Gasteiger partial charge on any atom is 0.416 e. The second kappa shape index (κ2) is 35.3. The van der Waals surface area contributed by atoms with Crippen molar-refractivity contribution < 1.29 is 138 Å². The first-order chi connectivity index (χ1) is 44.3. The van der Waals surface area contributed by atoms with E-state index in [1.807, 2.05) is 0 Å². The van der Waals surface area contributed by atoms with Gasteiger partial charge < -0.3 is 49.6 Å². The van der Waals surface area contributed by atoms with Crippen LogP contribution < -0.4 is 44.8 Å². The molecule has 96 heavy (non-hydrogen) atoms. The van der Waals surface area contributed by atoms with Crippen LogP contribution in [-0.2, 0) is 51.5 Å². The number of halogens is 12. The standard InChI is InChI=1S/C17H11Cl2F3O5.C15H16F3N5O4S.C14H10F4N4O7S.C5H12NO4P/c1-8(15(23)24)26-16(25)11-7-10(3-4-12(11)18)27-14-5-2-9(6-13(14)19)17(20,21)22;1-9-19-12(22-14(20-9)27-2)21-13(24)23-28(25,26)11-6-4-3-5-10(11)7-8-15(16,17)18;15-11(16)28-8-5-9(29-12(17)18)20-13(19-8)21-14(25)22-30(26,27)7-4-2-1-3-6(7)10(23)24;1-11(9,10)3-2-4(6)5(7)8/h2-8H,1H3,(H,23,24);3-6H,7-8H2,1-2H3,(H2,19,20,21,22,23,24);1-5,11-12H,(H,23,24)(H2,19,20,21,22,25);4H,2-3,6H2,1H3,(H,7,8)(H,9,10)/t8-;;;/m0.../s1. The van der Waals surface area contributed by atoms with Crippen LogP contribution in [0.5, 0.6) is 29.3 Å². The molecule has 6 aromatic rings. The summed E-state index contributed by atoms with van der Waals surface area (Å²) < 4.78 is 211. The zero-order valence-corrected chi connectivity index (χ0v) is 52.8. The first-order valence-corrected chi connectivity index (χ1v) is 31.6. The van der Waals surface area contributed by atoms with E-state index in [2.05, 4.69) is 39.7 Å². The summed E-state index contributed by atoms with van der Waals surface area (Å²) in [6.07, 6.45) is -12.2. The molecule has 0 aliphatic heterocycles. The summed E-state index contributed by atoms with van der Waals surface area (Å²) >= 11 is 11.7. The Morgan fingerprint density at radius 1 is 0.688 bits per heavy atom. The van der Waals surface area contributed by atoms with Gasteiger partial charge in [0.05, 0.1) is 44.8 Å². The van der Waals surface area contributed by atoms with Crippen molar-refractivity contribution in [3.63, 3.8) is 0 Å². The predicted octanol–water partition coefficient (Wildman–Crippen LogP) is 9.20. The molecule has 10 N–H and O–H groups in total. The molecule has 6 rings (SSSR count). The van der Waals surface area contributed by atoms with Crippen molar-refractivity contribution in [1.29, 1.82) is 0 Å². The van der Waals surface area contributed by atoms with E-state index < -0.39 is 153 Å². The molecular formula is C51H49Cl2F10N10O20PS2. The molecule has 0 aliphatic carbocycles. The van der Waals surface area contributed by atoms with Crippen LogP contribution >= 0.6 is 30.6 Å². The van der Waals surface area contributed by atoms with Crippen LogP contribution in [0.3, 0.4) is 0 Å². The summed E-state index contributed by atoms with van der Waals surface area (Å²) in [5, 5.41) is 29.6. The number of sulfonamides is 2. The number of aliphatic carboxylic acids is 2. The number of ether oxygens (including phenoxy) is 5. The number of nitrogens with zero attached hydrogens (tertiary/aromatic N) is 5. The second-order valence-corrected chi connectivity index (χ2v) is 24.9. The van der Waals surface area contributed by atoms with E-state index in [9.17, 15) is 94.1 Å². The summed E-state index contributed by atoms with van der Waals surface area (Å²) in [5.74, 6) is -8.03. The molecule has 45 heteroatoms. The van der Waals surface area contributed by atoms with Gasteiger partial charge in [0.1, 0.15) is 28.3 Å². The van der Waals surface area contributed by atoms with Gasteiger partial charge >= 0.3 is 67.5 Å². The lowest BCUT2D eigenvalue weighted by atomic mass is 10.1. The molecule has 4 amide bonds. The topological polar surface area (TPSA) is 453 Å². The SMILES string of the molecule is COc1nc(C)nc(NC(=O)NS(=O)(=O)c2ccccc2CCC(F)(F)F)n1.CP(=O)(O)CCC(N)C(=O)O.C[C@H](OC(=O)c1cc(Oc2ccc(C(F)(F)F)cc2Cl)ccc1Cl)C(=O)O.O=C(Nc1nc(OC(F)F)cc(OC(F)F)n1)NS(=O)(=O)c1ccccc1C(=O)O. The largest absolute Gasteiger partial charge is 0.480 e. The quantitative estimate of drug-likeness (QED) is 0.0164.